The SMILES string of the molecule is Cc1nc2cccc(S(=O)(=O)CCC(=O)N3CC4CCC(C3)N4c3ccncc3F)c2o1. The molecule has 1 aromatic carbocycles. The summed E-state index contributed by atoms with van der Waals surface area (Å²) in [6.07, 6.45) is 4.38. The Morgan fingerprint density at radius 2 is 1.97 bits per heavy atom. The number of benzene rings is 1. The second kappa shape index (κ2) is 7.84. The molecule has 5 rings (SSSR count). The molecule has 2 aliphatic heterocycles. The minimum atomic E-state index is -3.73. The molecule has 2 saturated heterocycles. The molecule has 2 bridgehead atoms. The van der Waals surface area contributed by atoms with Gasteiger partial charge in [-0.15, -0.1) is 0 Å². The molecule has 4 heterocycles. The Kier molecular flexibility index (Phi) is 5.11. The summed E-state index contributed by atoms with van der Waals surface area (Å²) < 4.78 is 45.6. The quantitative estimate of drug-likeness (QED) is 0.580. The minimum Gasteiger partial charge on any atom is -0.440 e. The topological polar surface area (TPSA) is 96.6 Å². The number of piperazine rings is 1. The lowest BCUT2D eigenvalue weighted by molar-refractivity contribution is -0.131. The zero-order valence-electron chi connectivity index (χ0n) is 17.6. The molecular weight excluding hydrogens is 435 g/mol. The minimum absolute atomic E-state index is 0.0112. The van der Waals surface area contributed by atoms with Gasteiger partial charge in [0.25, 0.3) is 0 Å². The van der Waals surface area contributed by atoms with Crippen LogP contribution in [0.25, 0.3) is 11.1 Å². The zero-order chi connectivity index (χ0) is 22.5. The number of halogens is 1. The molecule has 10 heteroatoms. The summed E-state index contributed by atoms with van der Waals surface area (Å²) in [6.45, 7) is 2.56. The van der Waals surface area contributed by atoms with Crippen LogP contribution in [0.4, 0.5) is 10.1 Å². The molecule has 8 nitrogen and oxygen atoms in total. The number of fused-ring (bicyclic) bond motifs is 3. The fourth-order valence-corrected chi connectivity index (χ4v) is 6.22. The summed E-state index contributed by atoms with van der Waals surface area (Å²) in [7, 11) is -3.73. The summed E-state index contributed by atoms with van der Waals surface area (Å²) >= 11 is 0. The fraction of sp³-hybridized carbons (Fsp3) is 0.409. The second-order valence-corrected chi connectivity index (χ2v) is 10.4. The Morgan fingerprint density at radius 1 is 1.22 bits per heavy atom. The van der Waals surface area contributed by atoms with Crippen molar-refractivity contribution < 1.29 is 22.0 Å². The van der Waals surface area contributed by atoms with Crippen molar-refractivity contribution in [1.29, 1.82) is 0 Å². The molecule has 2 aromatic heterocycles. The van der Waals surface area contributed by atoms with E-state index in [1.54, 1.807) is 36.2 Å². The summed E-state index contributed by atoms with van der Waals surface area (Å²) in [6, 6.07) is 6.48. The third-order valence-corrected chi connectivity index (χ3v) is 8.00. The van der Waals surface area contributed by atoms with Gasteiger partial charge in [-0.05, 0) is 31.0 Å². The predicted molar refractivity (Wildman–Crippen MR) is 115 cm³/mol. The van der Waals surface area contributed by atoms with Gasteiger partial charge in [-0.2, -0.15) is 0 Å². The van der Waals surface area contributed by atoms with Gasteiger partial charge in [0.2, 0.25) is 5.91 Å². The van der Waals surface area contributed by atoms with Crippen LogP contribution in [0, 0.1) is 12.7 Å². The van der Waals surface area contributed by atoms with Crippen LogP contribution < -0.4 is 4.90 Å². The van der Waals surface area contributed by atoms with E-state index in [0.717, 1.165) is 12.8 Å². The monoisotopic (exact) mass is 458 g/mol. The zero-order valence-corrected chi connectivity index (χ0v) is 18.4. The van der Waals surface area contributed by atoms with Crippen LogP contribution >= 0.6 is 0 Å². The first kappa shape index (κ1) is 20.9. The highest BCUT2D eigenvalue weighted by molar-refractivity contribution is 7.91. The molecule has 3 aromatic rings. The van der Waals surface area contributed by atoms with Crippen LogP contribution in [-0.2, 0) is 14.6 Å². The molecule has 0 aliphatic carbocycles. The number of rotatable bonds is 5. The summed E-state index contributed by atoms with van der Waals surface area (Å²) in [5, 5.41) is 0. The number of amides is 1. The van der Waals surface area contributed by atoms with E-state index in [1.807, 2.05) is 4.90 Å². The smallest absolute Gasteiger partial charge is 0.223 e. The number of carbonyl (C=O) groups excluding carboxylic acids is 1. The molecule has 0 radical (unpaired) electrons. The Balaban J connectivity index is 1.28. The predicted octanol–water partition coefficient (Wildman–Crippen LogP) is 2.71. The normalized spacial score (nSPS) is 20.8. The van der Waals surface area contributed by atoms with Gasteiger partial charge in [-0.25, -0.2) is 17.8 Å². The van der Waals surface area contributed by atoms with Crippen molar-refractivity contribution in [3.63, 3.8) is 0 Å². The fourth-order valence-electron chi connectivity index (χ4n) is 4.85. The molecule has 2 atom stereocenters. The van der Waals surface area contributed by atoms with E-state index in [0.29, 0.717) is 30.2 Å². The highest BCUT2D eigenvalue weighted by atomic mass is 32.2. The molecule has 1 amide bonds. The number of carbonyl (C=O) groups is 1. The van der Waals surface area contributed by atoms with Gasteiger partial charge in [0, 0.05) is 44.7 Å². The number of pyridine rings is 1. The van der Waals surface area contributed by atoms with E-state index in [9.17, 15) is 17.6 Å². The van der Waals surface area contributed by atoms with E-state index in [4.69, 9.17) is 4.42 Å². The van der Waals surface area contributed by atoms with E-state index in [-0.39, 0.29) is 46.5 Å². The van der Waals surface area contributed by atoms with Crippen molar-refractivity contribution in [3.8, 4) is 0 Å². The van der Waals surface area contributed by atoms with Crippen molar-refractivity contribution in [2.75, 3.05) is 23.7 Å². The van der Waals surface area contributed by atoms with E-state index in [2.05, 4.69) is 9.97 Å². The van der Waals surface area contributed by atoms with E-state index in [1.165, 1.54) is 12.3 Å². The van der Waals surface area contributed by atoms with Gasteiger partial charge in [0.05, 0.1) is 17.6 Å². The van der Waals surface area contributed by atoms with Gasteiger partial charge < -0.3 is 14.2 Å². The molecule has 168 valence electrons. The average Bonchev–Trinajstić information content (AvgIpc) is 3.27. The average molecular weight is 459 g/mol. The number of anilines is 1. The van der Waals surface area contributed by atoms with Crippen LogP contribution in [0.5, 0.6) is 0 Å². The Labute approximate surface area is 185 Å². The first-order valence-electron chi connectivity index (χ1n) is 10.6. The van der Waals surface area contributed by atoms with Gasteiger partial charge in [0.1, 0.15) is 10.4 Å². The van der Waals surface area contributed by atoms with Gasteiger partial charge in [-0.3, -0.25) is 9.78 Å². The number of para-hydroxylation sites is 1. The molecule has 2 unspecified atom stereocenters. The number of aromatic nitrogens is 2. The van der Waals surface area contributed by atoms with Crippen LogP contribution in [0.2, 0.25) is 0 Å². The summed E-state index contributed by atoms with van der Waals surface area (Å²) in [4.78, 5) is 24.7. The van der Waals surface area contributed by atoms with Crippen molar-refractivity contribution in [2.45, 2.75) is 43.2 Å². The van der Waals surface area contributed by atoms with Crippen LogP contribution in [0.15, 0.2) is 46.0 Å². The number of hydrogen-bond acceptors (Lipinski definition) is 7. The number of hydrogen-bond donors (Lipinski definition) is 0. The maximum Gasteiger partial charge on any atom is 0.223 e. The first-order chi connectivity index (χ1) is 15.3. The lowest BCUT2D eigenvalue weighted by Gasteiger charge is -2.42. The third-order valence-electron chi connectivity index (χ3n) is 6.27. The van der Waals surface area contributed by atoms with Crippen molar-refractivity contribution in [3.05, 3.63) is 48.4 Å². The molecular formula is C22H23FN4O4S. The van der Waals surface area contributed by atoms with E-state index >= 15 is 0 Å². The largest absolute Gasteiger partial charge is 0.440 e. The second-order valence-electron chi connectivity index (χ2n) is 8.32. The maximum atomic E-state index is 14.3. The number of likely N-dealkylation sites (tertiary alicyclic amines) is 1. The van der Waals surface area contributed by atoms with Crippen molar-refractivity contribution in [2.24, 2.45) is 0 Å². The Morgan fingerprint density at radius 3 is 2.69 bits per heavy atom. The van der Waals surface area contributed by atoms with Crippen molar-refractivity contribution in [1.82, 2.24) is 14.9 Å². The van der Waals surface area contributed by atoms with Crippen LogP contribution in [0.1, 0.15) is 25.2 Å². The van der Waals surface area contributed by atoms with Crippen LogP contribution in [0.3, 0.4) is 0 Å². The number of oxazole rings is 1. The first-order valence-corrected chi connectivity index (χ1v) is 12.2. The molecule has 2 aliphatic rings. The molecule has 0 N–H and O–H groups in total. The Bertz CT molecular complexity index is 1280. The lowest BCUT2D eigenvalue weighted by Crippen LogP contribution is -2.55. The van der Waals surface area contributed by atoms with Gasteiger partial charge in [-0.1, -0.05) is 6.07 Å². The third kappa shape index (κ3) is 3.62. The van der Waals surface area contributed by atoms with Gasteiger partial charge in [0.15, 0.2) is 27.1 Å². The number of nitrogens with zero attached hydrogens (tertiary/aromatic N) is 4. The highest BCUT2D eigenvalue weighted by Gasteiger charge is 2.42. The molecule has 32 heavy (non-hydrogen) atoms. The van der Waals surface area contributed by atoms with E-state index < -0.39 is 9.84 Å². The number of sulfone groups is 1. The maximum absolute atomic E-state index is 14.3. The lowest BCUT2D eigenvalue weighted by atomic mass is 10.1. The molecule has 0 saturated carbocycles. The van der Waals surface area contributed by atoms with Crippen LogP contribution in [-0.4, -0.2) is 60.1 Å². The summed E-state index contributed by atoms with van der Waals surface area (Å²) in [5.41, 5.74) is 1.21. The Hall–Kier alpha value is -3.01. The standard InChI is InChI=1S/C22H23FN4O4S/c1-14-25-18-3-2-4-20(22(18)31-14)32(29,30)10-8-21(28)26-12-15-5-6-16(13-26)27(15)19-7-9-24-11-17(19)23/h2-4,7,9,11,15-16H,5-6,8,10,12-13H2,1H3. The molecule has 2 fully saturated rings. The van der Waals surface area contributed by atoms with Crippen molar-refractivity contribution >= 4 is 32.5 Å². The summed E-state index contributed by atoms with van der Waals surface area (Å²) in [5.74, 6) is -0.495. The molecule has 0 spiro atoms. The van der Waals surface area contributed by atoms with Gasteiger partial charge >= 0.3 is 0 Å². The number of aryl methyl sites for hydroxylation is 1. The highest BCUT2D eigenvalue weighted by Crippen LogP contribution is 2.36.